The van der Waals surface area contributed by atoms with Gasteiger partial charge in [0, 0.05) is 11.8 Å². The highest BCUT2D eigenvalue weighted by molar-refractivity contribution is 5.86. The van der Waals surface area contributed by atoms with Crippen molar-refractivity contribution in [3.05, 3.63) is 66.6 Å². The molecule has 0 unspecified atom stereocenters. The van der Waals surface area contributed by atoms with Crippen molar-refractivity contribution in [2.24, 2.45) is 0 Å². The molecule has 2 heterocycles. The zero-order chi connectivity index (χ0) is 13.1. The Morgan fingerprint density at radius 2 is 1.84 bits per heavy atom. The lowest BCUT2D eigenvalue weighted by Crippen LogP contribution is -2.00. The molecule has 0 N–H and O–H groups in total. The Kier molecular flexibility index (Phi) is 2.90. The molecule has 4 heteroatoms. The first-order valence-electron chi connectivity index (χ1n) is 5.89. The van der Waals surface area contributed by atoms with Crippen molar-refractivity contribution in [3.8, 4) is 16.9 Å². The normalized spacial score (nSPS) is 10.3. The van der Waals surface area contributed by atoms with Gasteiger partial charge in [0.1, 0.15) is 0 Å². The van der Waals surface area contributed by atoms with Crippen molar-refractivity contribution in [3.63, 3.8) is 0 Å². The number of hydrogen-bond donors (Lipinski definition) is 0. The first-order chi connectivity index (χ1) is 9.40. The summed E-state index contributed by atoms with van der Waals surface area (Å²) >= 11 is 0. The molecule has 2 aromatic heterocycles. The fourth-order valence-electron chi connectivity index (χ4n) is 2.01. The Bertz CT molecular complexity index is 690. The molecule has 19 heavy (non-hydrogen) atoms. The van der Waals surface area contributed by atoms with Gasteiger partial charge in [-0.3, -0.25) is 9.78 Å². The summed E-state index contributed by atoms with van der Waals surface area (Å²) in [4.78, 5) is 15.3. The first-order valence-corrected chi connectivity index (χ1v) is 5.89. The second-order valence-electron chi connectivity index (χ2n) is 4.06. The van der Waals surface area contributed by atoms with Crippen molar-refractivity contribution in [2.45, 2.75) is 0 Å². The molecule has 92 valence electrons. The summed E-state index contributed by atoms with van der Waals surface area (Å²) < 4.78 is 1.73. The van der Waals surface area contributed by atoms with E-state index in [2.05, 4.69) is 10.1 Å². The van der Waals surface area contributed by atoms with Gasteiger partial charge in [0.15, 0.2) is 6.29 Å². The Morgan fingerprint density at radius 3 is 2.53 bits per heavy atom. The zero-order valence-electron chi connectivity index (χ0n) is 10.1. The molecule has 0 aliphatic carbocycles. The average molecular weight is 249 g/mol. The molecule has 0 amide bonds. The van der Waals surface area contributed by atoms with Crippen LogP contribution in [0.1, 0.15) is 10.4 Å². The standard InChI is InChI=1S/C15H11N3O/c19-11-13-9-17-18(14-7-4-8-16-10-14)15(13)12-5-2-1-3-6-12/h1-11H. The average Bonchev–Trinajstić information content (AvgIpc) is 2.93. The highest BCUT2D eigenvalue weighted by Crippen LogP contribution is 2.25. The van der Waals surface area contributed by atoms with Crippen molar-refractivity contribution in [1.29, 1.82) is 0 Å². The van der Waals surface area contributed by atoms with E-state index in [-0.39, 0.29) is 0 Å². The molecule has 0 atom stereocenters. The smallest absolute Gasteiger partial charge is 0.153 e. The molecular weight excluding hydrogens is 238 g/mol. The third kappa shape index (κ3) is 2.04. The lowest BCUT2D eigenvalue weighted by Gasteiger charge is -2.07. The number of benzene rings is 1. The highest BCUT2D eigenvalue weighted by Gasteiger charge is 2.13. The van der Waals surface area contributed by atoms with Crippen LogP contribution in [0.4, 0.5) is 0 Å². The number of carbonyl (C=O) groups is 1. The molecule has 0 bridgehead atoms. The molecule has 0 aliphatic heterocycles. The zero-order valence-corrected chi connectivity index (χ0v) is 10.1. The van der Waals surface area contributed by atoms with E-state index in [0.717, 1.165) is 23.2 Å². The number of hydrogen-bond acceptors (Lipinski definition) is 3. The van der Waals surface area contributed by atoms with Gasteiger partial charge in [0.05, 0.1) is 29.3 Å². The third-order valence-electron chi connectivity index (χ3n) is 2.86. The van der Waals surface area contributed by atoms with Crippen LogP contribution in [0.15, 0.2) is 61.1 Å². The second-order valence-corrected chi connectivity index (χ2v) is 4.06. The second kappa shape index (κ2) is 4.86. The van der Waals surface area contributed by atoms with Crippen LogP contribution in [0.2, 0.25) is 0 Å². The van der Waals surface area contributed by atoms with Crippen molar-refractivity contribution >= 4 is 6.29 Å². The topological polar surface area (TPSA) is 47.8 Å². The SMILES string of the molecule is O=Cc1cnn(-c2cccnc2)c1-c1ccccc1. The van der Waals surface area contributed by atoms with E-state index in [4.69, 9.17) is 0 Å². The Morgan fingerprint density at radius 1 is 1.00 bits per heavy atom. The van der Waals surface area contributed by atoms with Crippen LogP contribution >= 0.6 is 0 Å². The van der Waals surface area contributed by atoms with E-state index in [1.54, 1.807) is 23.3 Å². The monoisotopic (exact) mass is 249 g/mol. The van der Waals surface area contributed by atoms with Crippen molar-refractivity contribution in [2.75, 3.05) is 0 Å². The van der Waals surface area contributed by atoms with Gasteiger partial charge in [-0.15, -0.1) is 0 Å². The summed E-state index contributed by atoms with van der Waals surface area (Å²) in [6.45, 7) is 0. The van der Waals surface area contributed by atoms with E-state index in [1.165, 1.54) is 0 Å². The number of carbonyl (C=O) groups excluding carboxylic acids is 1. The fraction of sp³-hybridized carbons (Fsp3) is 0. The van der Waals surface area contributed by atoms with Gasteiger partial charge in [-0.25, -0.2) is 4.68 Å². The van der Waals surface area contributed by atoms with Crippen LogP contribution in [-0.4, -0.2) is 21.1 Å². The number of aldehydes is 1. The van der Waals surface area contributed by atoms with Crippen molar-refractivity contribution < 1.29 is 4.79 Å². The van der Waals surface area contributed by atoms with Crippen LogP contribution < -0.4 is 0 Å². The molecular formula is C15H11N3O. The maximum absolute atomic E-state index is 11.2. The summed E-state index contributed by atoms with van der Waals surface area (Å²) in [5.41, 5.74) is 3.12. The highest BCUT2D eigenvalue weighted by atomic mass is 16.1. The summed E-state index contributed by atoms with van der Waals surface area (Å²) in [6.07, 6.45) is 5.81. The van der Waals surface area contributed by atoms with Gasteiger partial charge in [-0.05, 0) is 12.1 Å². The fourth-order valence-corrected chi connectivity index (χ4v) is 2.01. The van der Waals surface area contributed by atoms with Crippen LogP contribution in [0, 0.1) is 0 Å². The van der Waals surface area contributed by atoms with Crippen LogP contribution in [0.25, 0.3) is 16.9 Å². The van der Waals surface area contributed by atoms with Crippen LogP contribution in [-0.2, 0) is 0 Å². The Labute approximate surface area is 110 Å². The minimum Gasteiger partial charge on any atom is -0.298 e. The molecule has 0 aliphatic rings. The molecule has 1 aromatic carbocycles. The third-order valence-corrected chi connectivity index (χ3v) is 2.86. The first kappa shape index (κ1) is 11.3. The Hall–Kier alpha value is -2.75. The van der Waals surface area contributed by atoms with Gasteiger partial charge >= 0.3 is 0 Å². The predicted octanol–water partition coefficient (Wildman–Crippen LogP) is 2.75. The van der Waals surface area contributed by atoms with Crippen molar-refractivity contribution in [1.82, 2.24) is 14.8 Å². The largest absolute Gasteiger partial charge is 0.298 e. The summed E-state index contributed by atoms with van der Waals surface area (Å²) in [6, 6.07) is 13.5. The van der Waals surface area contributed by atoms with Gasteiger partial charge in [0.25, 0.3) is 0 Å². The molecule has 3 aromatic rings. The van der Waals surface area contributed by atoms with E-state index in [0.29, 0.717) is 5.56 Å². The lowest BCUT2D eigenvalue weighted by atomic mass is 10.1. The van der Waals surface area contributed by atoms with Gasteiger partial charge in [0.2, 0.25) is 0 Å². The molecule has 0 saturated carbocycles. The molecule has 0 radical (unpaired) electrons. The quantitative estimate of drug-likeness (QED) is 0.670. The van der Waals surface area contributed by atoms with E-state index >= 15 is 0 Å². The minimum absolute atomic E-state index is 0.565. The van der Waals surface area contributed by atoms with Crippen LogP contribution in [0.3, 0.4) is 0 Å². The van der Waals surface area contributed by atoms with E-state index in [1.807, 2.05) is 42.5 Å². The summed E-state index contributed by atoms with van der Waals surface area (Å²) in [5, 5.41) is 4.28. The number of pyridine rings is 1. The predicted molar refractivity (Wildman–Crippen MR) is 72.2 cm³/mol. The van der Waals surface area contributed by atoms with Gasteiger partial charge in [-0.2, -0.15) is 5.10 Å². The minimum atomic E-state index is 0.565. The molecule has 0 fully saturated rings. The molecule has 4 nitrogen and oxygen atoms in total. The Balaban J connectivity index is 2.23. The molecule has 0 spiro atoms. The molecule has 0 saturated heterocycles. The van der Waals surface area contributed by atoms with E-state index in [9.17, 15) is 4.79 Å². The lowest BCUT2D eigenvalue weighted by molar-refractivity contribution is 0.112. The van der Waals surface area contributed by atoms with Crippen LogP contribution in [0.5, 0.6) is 0 Å². The van der Waals surface area contributed by atoms with Gasteiger partial charge < -0.3 is 0 Å². The molecule has 3 rings (SSSR count). The van der Waals surface area contributed by atoms with Gasteiger partial charge in [-0.1, -0.05) is 30.3 Å². The number of nitrogens with zero attached hydrogens (tertiary/aromatic N) is 3. The maximum Gasteiger partial charge on any atom is 0.153 e. The summed E-state index contributed by atoms with van der Waals surface area (Å²) in [5.74, 6) is 0. The number of aromatic nitrogens is 3. The van der Waals surface area contributed by atoms with E-state index < -0.39 is 0 Å². The number of rotatable bonds is 3. The maximum atomic E-state index is 11.2. The summed E-state index contributed by atoms with van der Waals surface area (Å²) in [7, 11) is 0.